The SMILES string of the molecule is Cc1cccc(N=NCc2cc(N3CCOCC3)cc(OCCc3ccccn3)n2)c1. The summed E-state index contributed by atoms with van der Waals surface area (Å²) in [5.74, 6) is 0.598. The van der Waals surface area contributed by atoms with Crippen LogP contribution in [-0.4, -0.2) is 42.9 Å². The maximum Gasteiger partial charge on any atom is 0.215 e. The van der Waals surface area contributed by atoms with Crippen molar-refractivity contribution in [2.45, 2.75) is 19.9 Å². The van der Waals surface area contributed by atoms with Crippen LogP contribution in [0.3, 0.4) is 0 Å². The number of pyridine rings is 2. The quantitative estimate of drug-likeness (QED) is 0.504. The molecule has 0 atom stereocenters. The molecule has 160 valence electrons. The zero-order chi connectivity index (χ0) is 21.3. The van der Waals surface area contributed by atoms with Gasteiger partial charge in [0.05, 0.1) is 31.2 Å². The summed E-state index contributed by atoms with van der Waals surface area (Å²) in [4.78, 5) is 11.3. The second-order valence-corrected chi connectivity index (χ2v) is 7.41. The fourth-order valence-electron chi connectivity index (χ4n) is 3.39. The number of hydrogen-bond acceptors (Lipinski definition) is 7. The summed E-state index contributed by atoms with van der Waals surface area (Å²) >= 11 is 0. The third-order valence-electron chi connectivity index (χ3n) is 4.97. The molecule has 1 saturated heterocycles. The minimum Gasteiger partial charge on any atom is -0.477 e. The van der Waals surface area contributed by atoms with Crippen molar-refractivity contribution in [2.24, 2.45) is 10.2 Å². The lowest BCUT2D eigenvalue weighted by Gasteiger charge is -2.29. The second kappa shape index (κ2) is 10.6. The molecule has 7 nitrogen and oxygen atoms in total. The van der Waals surface area contributed by atoms with E-state index in [1.54, 1.807) is 6.20 Å². The van der Waals surface area contributed by atoms with Gasteiger partial charge >= 0.3 is 0 Å². The Labute approximate surface area is 182 Å². The Bertz CT molecular complexity index is 1000. The van der Waals surface area contributed by atoms with E-state index in [2.05, 4.69) is 31.2 Å². The summed E-state index contributed by atoms with van der Waals surface area (Å²) in [6, 6.07) is 17.9. The molecule has 0 spiro atoms. The number of rotatable bonds is 8. The number of azo groups is 1. The van der Waals surface area contributed by atoms with Crippen LogP contribution in [0.15, 0.2) is 71.0 Å². The highest BCUT2D eigenvalue weighted by molar-refractivity contribution is 5.50. The molecule has 3 heterocycles. The van der Waals surface area contributed by atoms with Crippen LogP contribution < -0.4 is 9.64 Å². The molecule has 31 heavy (non-hydrogen) atoms. The number of ether oxygens (including phenoxy) is 2. The van der Waals surface area contributed by atoms with Gasteiger partial charge in [-0.25, -0.2) is 4.98 Å². The highest BCUT2D eigenvalue weighted by Crippen LogP contribution is 2.23. The average molecular weight is 418 g/mol. The molecule has 3 aromatic rings. The van der Waals surface area contributed by atoms with E-state index in [-0.39, 0.29) is 0 Å². The number of aromatic nitrogens is 2. The summed E-state index contributed by atoms with van der Waals surface area (Å²) in [6.45, 7) is 6.09. The highest BCUT2D eigenvalue weighted by atomic mass is 16.5. The van der Waals surface area contributed by atoms with Crippen LogP contribution in [0, 0.1) is 6.92 Å². The summed E-state index contributed by atoms with van der Waals surface area (Å²) in [5, 5.41) is 8.70. The van der Waals surface area contributed by atoms with Crippen LogP contribution >= 0.6 is 0 Å². The molecular formula is C24H27N5O2. The largest absolute Gasteiger partial charge is 0.477 e. The lowest BCUT2D eigenvalue weighted by Crippen LogP contribution is -2.36. The topological polar surface area (TPSA) is 72.2 Å². The lowest BCUT2D eigenvalue weighted by molar-refractivity contribution is 0.122. The van der Waals surface area contributed by atoms with Crippen molar-refractivity contribution < 1.29 is 9.47 Å². The van der Waals surface area contributed by atoms with Crippen LogP contribution in [-0.2, 0) is 17.7 Å². The molecule has 1 aromatic carbocycles. The van der Waals surface area contributed by atoms with Gasteiger partial charge in [0, 0.05) is 43.2 Å². The molecule has 0 amide bonds. The van der Waals surface area contributed by atoms with Crippen molar-refractivity contribution >= 4 is 11.4 Å². The number of aryl methyl sites for hydroxylation is 1. The van der Waals surface area contributed by atoms with Gasteiger partial charge in [-0.2, -0.15) is 10.2 Å². The molecule has 7 heteroatoms. The van der Waals surface area contributed by atoms with Crippen LogP contribution in [0.4, 0.5) is 11.4 Å². The smallest absolute Gasteiger partial charge is 0.215 e. The minimum atomic E-state index is 0.392. The van der Waals surface area contributed by atoms with Gasteiger partial charge in [0.1, 0.15) is 6.54 Å². The number of benzene rings is 1. The molecule has 0 N–H and O–H groups in total. The Morgan fingerprint density at radius 1 is 1.03 bits per heavy atom. The van der Waals surface area contributed by atoms with E-state index in [0.717, 1.165) is 61.1 Å². The molecule has 1 aliphatic heterocycles. The summed E-state index contributed by atoms with van der Waals surface area (Å²) in [6.07, 6.45) is 2.52. The van der Waals surface area contributed by atoms with Gasteiger partial charge in [0.15, 0.2) is 0 Å². The molecule has 1 fully saturated rings. The minimum absolute atomic E-state index is 0.392. The number of morpholine rings is 1. The first-order valence-electron chi connectivity index (χ1n) is 10.6. The van der Waals surface area contributed by atoms with Gasteiger partial charge < -0.3 is 14.4 Å². The van der Waals surface area contributed by atoms with Gasteiger partial charge in [0.2, 0.25) is 5.88 Å². The number of hydrogen-bond donors (Lipinski definition) is 0. The van der Waals surface area contributed by atoms with E-state index in [1.807, 2.05) is 55.5 Å². The molecule has 0 bridgehead atoms. The first kappa shape index (κ1) is 20.9. The maximum atomic E-state index is 5.98. The predicted octanol–water partition coefficient (Wildman–Crippen LogP) is 4.53. The molecule has 0 radical (unpaired) electrons. The van der Waals surface area contributed by atoms with Crippen molar-refractivity contribution in [2.75, 3.05) is 37.8 Å². The van der Waals surface area contributed by atoms with Gasteiger partial charge in [-0.15, -0.1) is 0 Å². The predicted molar refractivity (Wildman–Crippen MR) is 120 cm³/mol. The van der Waals surface area contributed by atoms with E-state index >= 15 is 0 Å². The van der Waals surface area contributed by atoms with E-state index in [4.69, 9.17) is 9.47 Å². The van der Waals surface area contributed by atoms with Gasteiger partial charge in [-0.3, -0.25) is 4.98 Å². The van der Waals surface area contributed by atoms with E-state index < -0.39 is 0 Å². The second-order valence-electron chi connectivity index (χ2n) is 7.41. The lowest BCUT2D eigenvalue weighted by atomic mass is 10.2. The third kappa shape index (κ3) is 6.33. The Balaban J connectivity index is 1.46. The third-order valence-corrected chi connectivity index (χ3v) is 4.97. The highest BCUT2D eigenvalue weighted by Gasteiger charge is 2.14. The first-order valence-corrected chi connectivity index (χ1v) is 10.6. The van der Waals surface area contributed by atoms with Gasteiger partial charge in [-0.05, 0) is 42.8 Å². The van der Waals surface area contributed by atoms with Crippen molar-refractivity contribution in [3.8, 4) is 5.88 Å². The zero-order valence-corrected chi connectivity index (χ0v) is 17.8. The molecule has 1 aliphatic rings. The van der Waals surface area contributed by atoms with Crippen molar-refractivity contribution in [1.29, 1.82) is 0 Å². The van der Waals surface area contributed by atoms with Crippen LogP contribution in [0.25, 0.3) is 0 Å². The first-order chi connectivity index (χ1) is 15.3. The van der Waals surface area contributed by atoms with Crippen LogP contribution in [0.5, 0.6) is 5.88 Å². The molecule has 0 saturated carbocycles. The molecule has 4 rings (SSSR count). The molecule has 2 aromatic heterocycles. The Morgan fingerprint density at radius 2 is 1.94 bits per heavy atom. The monoisotopic (exact) mass is 417 g/mol. The van der Waals surface area contributed by atoms with E-state index in [9.17, 15) is 0 Å². The Morgan fingerprint density at radius 3 is 2.74 bits per heavy atom. The van der Waals surface area contributed by atoms with Crippen LogP contribution in [0.1, 0.15) is 17.0 Å². The van der Waals surface area contributed by atoms with Crippen LogP contribution in [0.2, 0.25) is 0 Å². The van der Waals surface area contributed by atoms with E-state index in [0.29, 0.717) is 19.0 Å². The number of anilines is 1. The zero-order valence-electron chi connectivity index (χ0n) is 17.8. The standard InChI is InChI=1S/C24H27N5O2/c1-19-5-4-7-21(15-19)28-26-18-22-16-23(29-10-13-30-14-11-29)17-24(27-22)31-12-8-20-6-2-3-9-25-20/h2-7,9,15-17H,8,10-14,18H2,1H3. The van der Waals surface area contributed by atoms with Gasteiger partial charge in [0.25, 0.3) is 0 Å². The van der Waals surface area contributed by atoms with Crippen molar-refractivity contribution in [1.82, 2.24) is 9.97 Å². The average Bonchev–Trinajstić information content (AvgIpc) is 2.80. The molecule has 0 unspecified atom stereocenters. The summed E-state index contributed by atoms with van der Waals surface area (Å²) < 4.78 is 11.5. The Kier molecular flexibility index (Phi) is 7.18. The van der Waals surface area contributed by atoms with Crippen molar-refractivity contribution in [3.05, 3.63) is 77.7 Å². The fourth-order valence-corrected chi connectivity index (χ4v) is 3.39. The molecular weight excluding hydrogens is 390 g/mol. The van der Waals surface area contributed by atoms with Gasteiger partial charge in [-0.1, -0.05) is 18.2 Å². The number of nitrogens with zero attached hydrogens (tertiary/aromatic N) is 5. The fraction of sp³-hybridized carbons (Fsp3) is 0.333. The molecule has 0 aliphatic carbocycles. The maximum absolute atomic E-state index is 5.98. The summed E-state index contributed by atoms with van der Waals surface area (Å²) in [5.41, 5.74) is 4.91. The summed E-state index contributed by atoms with van der Waals surface area (Å²) in [7, 11) is 0. The van der Waals surface area contributed by atoms with E-state index in [1.165, 1.54) is 0 Å². The van der Waals surface area contributed by atoms with Crippen molar-refractivity contribution in [3.63, 3.8) is 0 Å². The Hall–Kier alpha value is -3.32. The normalized spacial score (nSPS) is 14.2.